The zero-order valence-corrected chi connectivity index (χ0v) is 13.8. The number of aryl methyl sites for hydroxylation is 1. The average molecular weight is 292 g/mol. The van der Waals surface area contributed by atoms with Gasteiger partial charge in [-0.3, -0.25) is 4.90 Å². The molecule has 2 nitrogen and oxygen atoms in total. The van der Waals surface area contributed by atoms with Gasteiger partial charge in [-0.25, -0.2) is 4.39 Å². The smallest absolute Gasteiger partial charge is 0.123 e. The number of hydrogen-bond acceptors (Lipinski definition) is 2. The van der Waals surface area contributed by atoms with Crippen molar-refractivity contribution in [1.29, 1.82) is 0 Å². The van der Waals surface area contributed by atoms with Crippen LogP contribution in [-0.2, 0) is 6.54 Å². The Balaban J connectivity index is 2.13. The average Bonchev–Trinajstić information content (AvgIpc) is 2.64. The molecule has 1 N–H and O–H groups in total. The van der Waals surface area contributed by atoms with Crippen LogP contribution in [0.3, 0.4) is 0 Å². The second kappa shape index (κ2) is 7.37. The molecule has 1 aliphatic heterocycles. The molecule has 0 spiro atoms. The number of nitrogens with one attached hydrogen (secondary N) is 1. The van der Waals surface area contributed by atoms with Crippen molar-refractivity contribution in [1.82, 2.24) is 10.2 Å². The van der Waals surface area contributed by atoms with E-state index in [9.17, 15) is 4.39 Å². The first-order valence-electron chi connectivity index (χ1n) is 8.23. The molecule has 1 heterocycles. The van der Waals surface area contributed by atoms with Gasteiger partial charge in [0.15, 0.2) is 0 Å². The number of rotatable bonds is 4. The molecule has 1 aromatic carbocycles. The third-order valence-electron chi connectivity index (χ3n) is 5.04. The molecule has 3 unspecified atom stereocenters. The Bertz CT molecular complexity index is 461. The largest absolute Gasteiger partial charge is 0.312 e. The third-order valence-corrected chi connectivity index (χ3v) is 5.04. The molecular weight excluding hydrogens is 263 g/mol. The van der Waals surface area contributed by atoms with E-state index < -0.39 is 0 Å². The number of benzene rings is 1. The first-order chi connectivity index (χ1) is 10.0. The maximum absolute atomic E-state index is 13.5. The van der Waals surface area contributed by atoms with Gasteiger partial charge >= 0.3 is 0 Å². The number of halogens is 1. The van der Waals surface area contributed by atoms with Crippen LogP contribution < -0.4 is 5.32 Å². The van der Waals surface area contributed by atoms with Crippen LogP contribution in [0.1, 0.15) is 44.7 Å². The predicted molar refractivity (Wildman–Crippen MR) is 86.9 cm³/mol. The predicted octanol–water partition coefficient (Wildman–Crippen LogP) is 3.73. The number of hydrogen-bond donors (Lipinski definition) is 1. The Morgan fingerprint density at radius 3 is 2.90 bits per heavy atom. The Morgan fingerprint density at radius 2 is 2.19 bits per heavy atom. The van der Waals surface area contributed by atoms with Crippen molar-refractivity contribution in [2.24, 2.45) is 5.92 Å². The molecule has 0 radical (unpaired) electrons. The van der Waals surface area contributed by atoms with Gasteiger partial charge in [0.2, 0.25) is 0 Å². The van der Waals surface area contributed by atoms with Gasteiger partial charge in [-0.05, 0) is 56.0 Å². The third kappa shape index (κ3) is 4.27. The zero-order valence-electron chi connectivity index (χ0n) is 13.8. The molecule has 1 aliphatic rings. The van der Waals surface area contributed by atoms with Gasteiger partial charge in [0.25, 0.3) is 0 Å². The Hall–Kier alpha value is -0.930. The van der Waals surface area contributed by atoms with Crippen molar-refractivity contribution < 1.29 is 4.39 Å². The van der Waals surface area contributed by atoms with E-state index in [-0.39, 0.29) is 5.82 Å². The van der Waals surface area contributed by atoms with Crippen LogP contribution in [0.2, 0.25) is 0 Å². The van der Waals surface area contributed by atoms with E-state index in [1.165, 1.54) is 12.0 Å². The first kappa shape index (κ1) is 16.4. The highest BCUT2D eigenvalue weighted by Crippen LogP contribution is 2.20. The number of nitrogens with zero attached hydrogens (tertiary/aromatic N) is 1. The van der Waals surface area contributed by atoms with E-state index in [1.807, 2.05) is 6.07 Å². The summed E-state index contributed by atoms with van der Waals surface area (Å²) in [7, 11) is 0. The summed E-state index contributed by atoms with van der Waals surface area (Å²) in [6, 6.07) is 6.20. The highest BCUT2D eigenvalue weighted by Gasteiger charge is 2.26. The molecule has 0 saturated carbocycles. The Morgan fingerprint density at radius 1 is 1.43 bits per heavy atom. The molecule has 2 rings (SSSR count). The first-order valence-corrected chi connectivity index (χ1v) is 8.23. The van der Waals surface area contributed by atoms with Crippen LogP contribution in [0.5, 0.6) is 0 Å². The summed E-state index contributed by atoms with van der Waals surface area (Å²) in [4.78, 5) is 2.51. The maximum atomic E-state index is 13.5. The summed E-state index contributed by atoms with van der Waals surface area (Å²) < 4.78 is 13.5. The van der Waals surface area contributed by atoms with Crippen molar-refractivity contribution in [2.45, 2.75) is 59.2 Å². The minimum Gasteiger partial charge on any atom is -0.312 e. The van der Waals surface area contributed by atoms with Crippen LogP contribution in [0.15, 0.2) is 18.2 Å². The van der Waals surface area contributed by atoms with Crippen molar-refractivity contribution in [3.8, 4) is 0 Å². The molecule has 1 fully saturated rings. The minimum absolute atomic E-state index is 0.130. The fourth-order valence-corrected chi connectivity index (χ4v) is 3.07. The standard InChI is InChI=1S/C18H29FN2/c1-5-13(2)18-12-21(15(4)8-9-20-18)11-16-10-17(19)7-6-14(16)3/h6-7,10,13,15,18,20H,5,8-9,11-12H2,1-4H3. The lowest BCUT2D eigenvalue weighted by atomic mass is 9.98. The van der Waals surface area contributed by atoms with Gasteiger partial charge in [0.05, 0.1) is 0 Å². The van der Waals surface area contributed by atoms with Crippen molar-refractivity contribution in [3.63, 3.8) is 0 Å². The second-order valence-electron chi connectivity index (χ2n) is 6.58. The lowest BCUT2D eigenvalue weighted by Gasteiger charge is -2.31. The van der Waals surface area contributed by atoms with E-state index in [2.05, 4.69) is 37.9 Å². The zero-order chi connectivity index (χ0) is 15.4. The Labute approximate surface area is 128 Å². The lowest BCUT2D eigenvalue weighted by molar-refractivity contribution is 0.180. The molecule has 0 aliphatic carbocycles. The van der Waals surface area contributed by atoms with E-state index in [0.717, 1.165) is 31.6 Å². The summed E-state index contributed by atoms with van der Waals surface area (Å²) in [5.74, 6) is 0.543. The maximum Gasteiger partial charge on any atom is 0.123 e. The molecule has 118 valence electrons. The van der Waals surface area contributed by atoms with E-state index >= 15 is 0 Å². The van der Waals surface area contributed by atoms with Gasteiger partial charge in [-0.15, -0.1) is 0 Å². The van der Waals surface area contributed by atoms with E-state index in [0.29, 0.717) is 18.0 Å². The second-order valence-corrected chi connectivity index (χ2v) is 6.58. The summed E-state index contributed by atoms with van der Waals surface area (Å²) in [6.07, 6.45) is 2.35. The normalized spacial score (nSPS) is 25.6. The molecule has 1 aromatic rings. The van der Waals surface area contributed by atoms with Crippen molar-refractivity contribution in [3.05, 3.63) is 35.1 Å². The van der Waals surface area contributed by atoms with Gasteiger partial charge in [0, 0.05) is 25.2 Å². The summed E-state index contributed by atoms with van der Waals surface area (Å²) >= 11 is 0. The SMILES string of the molecule is CCC(C)C1CN(Cc2cc(F)ccc2C)C(C)CCN1. The monoisotopic (exact) mass is 292 g/mol. The fourth-order valence-electron chi connectivity index (χ4n) is 3.07. The lowest BCUT2D eigenvalue weighted by Crippen LogP contribution is -2.43. The molecule has 3 atom stereocenters. The van der Waals surface area contributed by atoms with Crippen LogP contribution in [-0.4, -0.2) is 30.1 Å². The molecular formula is C18H29FN2. The van der Waals surface area contributed by atoms with Gasteiger partial charge in [-0.2, -0.15) is 0 Å². The quantitative estimate of drug-likeness (QED) is 0.909. The molecule has 1 saturated heterocycles. The van der Waals surface area contributed by atoms with E-state index in [1.54, 1.807) is 12.1 Å². The summed E-state index contributed by atoms with van der Waals surface area (Å²) in [6.45, 7) is 11.9. The molecule has 0 bridgehead atoms. The Kier molecular flexibility index (Phi) is 5.77. The molecule has 21 heavy (non-hydrogen) atoms. The van der Waals surface area contributed by atoms with Gasteiger partial charge in [-0.1, -0.05) is 26.3 Å². The summed E-state index contributed by atoms with van der Waals surface area (Å²) in [5, 5.41) is 3.69. The highest BCUT2D eigenvalue weighted by atomic mass is 19.1. The highest BCUT2D eigenvalue weighted by molar-refractivity contribution is 5.26. The van der Waals surface area contributed by atoms with Gasteiger partial charge in [0.1, 0.15) is 5.82 Å². The van der Waals surface area contributed by atoms with E-state index in [4.69, 9.17) is 0 Å². The minimum atomic E-state index is -0.130. The molecule has 0 aromatic heterocycles. The summed E-state index contributed by atoms with van der Waals surface area (Å²) in [5.41, 5.74) is 2.30. The van der Waals surface area contributed by atoms with Crippen LogP contribution in [0.4, 0.5) is 4.39 Å². The fraction of sp³-hybridized carbons (Fsp3) is 0.667. The van der Waals surface area contributed by atoms with Crippen LogP contribution >= 0.6 is 0 Å². The van der Waals surface area contributed by atoms with Crippen LogP contribution in [0.25, 0.3) is 0 Å². The molecule has 0 amide bonds. The topological polar surface area (TPSA) is 15.3 Å². The van der Waals surface area contributed by atoms with Crippen molar-refractivity contribution >= 4 is 0 Å². The van der Waals surface area contributed by atoms with Crippen LogP contribution in [0, 0.1) is 18.7 Å². The van der Waals surface area contributed by atoms with Gasteiger partial charge < -0.3 is 5.32 Å². The molecule has 3 heteroatoms. The van der Waals surface area contributed by atoms with Crippen molar-refractivity contribution in [2.75, 3.05) is 13.1 Å².